The Balaban J connectivity index is 1.66. The maximum absolute atomic E-state index is 13.7. The first kappa shape index (κ1) is 25.2. The van der Waals surface area contributed by atoms with Crippen molar-refractivity contribution in [2.75, 3.05) is 18.0 Å². The van der Waals surface area contributed by atoms with Crippen LogP contribution in [0.1, 0.15) is 43.0 Å². The van der Waals surface area contributed by atoms with Gasteiger partial charge in [-0.15, -0.1) is 0 Å². The Labute approximate surface area is 204 Å². The van der Waals surface area contributed by atoms with E-state index < -0.39 is 27.3 Å². The maximum Gasteiger partial charge on any atom is 0.418 e. The van der Waals surface area contributed by atoms with Gasteiger partial charge in [0, 0.05) is 18.7 Å². The van der Waals surface area contributed by atoms with Gasteiger partial charge in [0.05, 0.1) is 22.7 Å². The van der Waals surface area contributed by atoms with Gasteiger partial charge < -0.3 is 4.90 Å². The van der Waals surface area contributed by atoms with Crippen LogP contribution >= 0.6 is 0 Å². The molecule has 0 radical (unpaired) electrons. The van der Waals surface area contributed by atoms with E-state index in [2.05, 4.69) is 21.8 Å². The van der Waals surface area contributed by atoms with E-state index in [0.29, 0.717) is 22.9 Å². The van der Waals surface area contributed by atoms with Crippen molar-refractivity contribution in [1.29, 1.82) is 0 Å². The van der Waals surface area contributed by atoms with Gasteiger partial charge in [-0.25, -0.2) is 13.4 Å². The molecule has 1 fully saturated rings. The zero-order valence-corrected chi connectivity index (χ0v) is 20.5. The van der Waals surface area contributed by atoms with Gasteiger partial charge in [0.2, 0.25) is 9.84 Å². The number of pyridine rings is 2. The topological polar surface area (TPSA) is 63.2 Å². The first-order valence-corrected chi connectivity index (χ1v) is 13.3. The van der Waals surface area contributed by atoms with Crippen LogP contribution in [0.5, 0.6) is 0 Å². The first-order valence-electron chi connectivity index (χ1n) is 11.7. The lowest BCUT2D eigenvalue weighted by Gasteiger charge is -2.33. The van der Waals surface area contributed by atoms with Crippen LogP contribution < -0.4 is 4.90 Å². The van der Waals surface area contributed by atoms with Gasteiger partial charge >= 0.3 is 6.18 Å². The smallest absolute Gasteiger partial charge is 0.356 e. The van der Waals surface area contributed by atoms with Crippen molar-refractivity contribution >= 4 is 15.7 Å². The number of hydrogen-bond donors (Lipinski definition) is 0. The Morgan fingerprint density at radius 3 is 2.51 bits per heavy atom. The summed E-state index contributed by atoms with van der Waals surface area (Å²) in [6, 6.07) is 13.5. The number of aromatic nitrogens is 2. The van der Waals surface area contributed by atoms with Gasteiger partial charge in [-0.1, -0.05) is 43.7 Å². The number of alkyl halides is 3. The minimum absolute atomic E-state index is 0.0347. The molecule has 3 heterocycles. The van der Waals surface area contributed by atoms with Gasteiger partial charge in [0.15, 0.2) is 5.03 Å². The highest BCUT2D eigenvalue weighted by molar-refractivity contribution is 7.90. The van der Waals surface area contributed by atoms with Crippen LogP contribution in [-0.4, -0.2) is 31.5 Å². The highest BCUT2D eigenvalue weighted by Crippen LogP contribution is 2.37. The van der Waals surface area contributed by atoms with Crippen molar-refractivity contribution in [3.8, 4) is 11.3 Å². The lowest BCUT2D eigenvalue weighted by molar-refractivity contribution is -0.137. The fraction of sp³-hybridized carbons (Fsp3) is 0.385. The Hall–Kier alpha value is -2.94. The molecule has 4 rings (SSSR count). The van der Waals surface area contributed by atoms with Crippen LogP contribution in [0.3, 0.4) is 0 Å². The molecule has 3 aromatic rings. The van der Waals surface area contributed by atoms with Gasteiger partial charge in [-0.3, -0.25) is 4.98 Å². The lowest BCUT2D eigenvalue weighted by atomic mass is 9.96. The lowest BCUT2D eigenvalue weighted by Crippen LogP contribution is -2.35. The monoisotopic (exact) mass is 503 g/mol. The molecule has 1 saturated heterocycles. The predicted molar refractivity (Wildman–Crippen MR) is 130 cm³/mol. The maximum atomic E-state index is 13.7. The van der Waals surface area contributed by atoms with Crippen LogP contribution in [0.4, 0.5) is 19.0 Å². The second-order valence-electron chi connectivity index (χ2n) is 8.97. The number of nitrogens with zero attached hydrogens (tertiary/aromatic N) is 3. The number of piperidine rings is 1. The summed E-state index contributed by atoms with van der Waals surface area (Å²) in [7, 11) is -3.93. The van der Waals surface area contributed by atoms with Crippen molar-refractivity contribution in [2.45, 2.75) is 50.1 Å². The van der Waals surface area contributed by atoms with Crippen molar-refractivity contribution in [3.05, 3.63) is 71.4 Å². The molecule has 0 aliphatic carbocycles. The average molecular weight is 504 g/mol. The van der Waals surface area contributed by atoms with Crippen LogP contribution in [0.2, 0.25) is 0 Å². The number of halogens is 3. The van der Waals surface area contributed by atoms with E-state index in [1.165, 1.54) is 6.07 Å². The molecule has 1 atom stereocenters. The fourth-order valence-corrected chi connectivity index (χ4v) is 5.70. The summed E-state index contributed by atoms with van der Waals surface area (Å²) in [6.45, 7) is 5.48. The number of rotatable bonds is 6. The van der Waals surface area contributed by atoms with Crippen molar-refractivity contribution in [2.24, 2.45) is 5.92 Å². The van der Waals surface area contributed by atoms with E-state index in [1.54, 1.807) is 43.3 Å². The van der Waals surface area contributed by atoms with Crippen molar-refractivity contribution in [3.63, 3.8) is 0 Å². The van der Waals surface area contributed by atoms with Gasteiger partial charge in [0.1, 0.15) is 5.82 Å². The second kappa shape index (κ2) is 9.97. The standard InChI is InChI=1S/C26H28F3N3O2S/c1-3-19-9-7-15-32(16-19)23-11-6-12-24(31-23)35(33,34)17-20-13-14-22(26(27,28)29)25(30-20)21-10-5-4-8-18(21)2/h4-6,8,10-14,19H,3,7,9,15-17H2,1-2H3. The number of hydrogen-bond acceptors (Lipinski definition) is 5. The Kier molecular flexibility index (Phi) is 7.17. The molecular weight excluding hydrogens is 475 g/mol. The highest BCUT2D eigenvalue weighted by atomic mass is 32.2. The minimum Gasteiger partial charge on any atom is -0.356 e. The third-order valence-corrected chi connectivity index (χ3v) is 7.98. The van der Waals surface area contributed by atoms with E-state index in [0.717, 1.165) is 44.5 Å². The van der Waals surface area contributed by atoms with E-state index in [4.69, 9.17) is 0 Å². The molecule has 1 unspecified atom stereocenters. The van der Waals surface area contributed by atoms with E-state index in [9.17, 15) is 21.6 Å². The summed E-state index contributed by atoms with van der Waals surface area (Å²) in [5.74, 6) is 0.602. The average Bonchev–Trinajstić information content (AvgIpc) is 2.83. The summed E-state index contributed by atoms with van der Waals surface area (Å²) in [6.07, 6.45) is -1.40. The molecule has 1 aliphatic heterocycles. The zero-order valence-electron chi connectivity index (χ0n) is 19.7. The van der Waals surface area contributed by atoms with E-state index >= 15 is 0 Å². The highest BCUT2D eigenvalue weighted by Gasteiger charge is 2.35. The van der Waals surface area contributed by atoms with E-state index in [1.807, 2.05) is 0 Å². The molecular formula is C26H28F3N3O2S. The third-order valence-electron chi connectivity index (χ3n) is 6.44. The molecule has 0 saturated carbocycles. The van der Waals surface area contributed by atoms with Crippen LogP contribution in [0.15, 0.2) is 59.6 Å². The number of aryl methyl sites for hydroxylation is 1. The Bertz CT molecular complexity index is 1310. The summed E-state index contributed by atoms with van der Waals surface area (Å²) in [5, 5.41) is -0.104. The van der Waals surface area contributed by atoms with Crippen LogP contribution in [0, 0.1) is 12.8 Å². The summed E-state index contributed by atoms with van der Waals surface area (Å²) < 4.78 is 67.5. The second-order valence-corrected chi connectivity index (χ2v) is 10.9. The zero-order chi connectivity index (χ0) is 25.2. The van der Waals surface area contributed by atoms with Crippen LogP contribution in [-0.2, 0) is 21.8 Å². The molecule has 35 heavy (non-hydrogen) atoms. The molecule has 1 aromatic carbocycles. The number of benzene rings is 1. The Morgan fingerprint density at radius 1 is 1.03 bits per heavy atom. The van der Waals surface area contributed by atoms with Crippen molar-refractivity contribution in [1.82, 2.24) is 9.97 Å². The first-order chi connectivity index (χ1) is 16.6. The molecule has 1 aliphatic rings. The van der Waals surface area contributed by atoms with Gasteiger partial charge in [0.25, 0.3) is 0 Å². The molecule has 186 valence electrons. The Morgan fingerprint density at radius 2 is 1.80 bits per heavy atom. The fourth-order valence-electron chi connectivity index (χ4n) is 4.48. The molecule has 5 nitrogen and oxygen atoms in total. The van der Waals surface area contributed by atoms with Gasteiger partial charge in [-0.05, 0) is 55.5 Å². The normalized spacial score (nSPS) is 16.9. The van der Waals surface area contributed by atoms with E-state index in [-0.39, 0.29) is 16.4 Å². The molecule has 2 aromatic heterocycles. The molecule has 9 heteroatoms. The molecule has 0 bridgehead atoms. The minimum atomic E-state index is -4.62. The summed E-state index contributed by atoms with van der Waals surface area (Å²) in [4.78, 5) is 10.7. The SMILES string of the molecule is CCC1CCCN(c2cccc(S(=O)(=O)Cc3ccc(C(F)(F)F)c(-c4ccccc4C)n3)n2)C1. The summed E-state index contributed by atoms with van der Waals surface area (Å²) in [5.41, 5.74) is -0.207. The number of sulfone groups is 1. The summed E-state index contributed by atoms with van der Waals surface area (Å²) >= 11 is 0. The predicted octanol–water partition coefficient (Wildman–Crippen LogP) is 6.07. The van der Waals surface area contributed by atoms with Crippen molar-refractivity contribution < 1.29 is 21.6 Å². The third kappa shape index (κ3) is 5.66. The van der Waals surface area contributed by atoms with Gasteiger partial charge in [-0.2, -0.15) is 13.2 Å². The number of anilines is 1. The van der Waals surface area contributed by atoms with Crippen LogP contribution in [0.25, 0.3) is 11.3 Å². The molecule has 0 spiro atoms. The largest absolute Gasteiger partial charge is 0.418 e. The quantitative estimate of drug-likeness (QED) is 0.409. The molecule has 0 N–H and O–H groups in total. The molecule has 0 amide bonds.